The van der Waals surface area contributed by atoms with Crippen LogP contribution in [0.5, 0.6) is 0 Å². The Morgan fingerprint density at radius 3 is 2.32 bits per heavy atom. The normalized spacial score (nSPS) is 29.2. The minimum absolute atomic E-state index is 0.385. The molecule has 2 aliphatic rings. The van der Waals surface area contributed by atoms with Crippen molar-refractivity contribution in [2.45, 2.75) is 90.3 Å². The lowest BCUT2D eigenvalue weighted by molar-refractivity contribution is 0.0295. The minimum Gasteiger partial charge on any atom is -0.308 e. The number of hydrogen-bond donors (Lipinski definition) is 1. The Morgan fingerprint density at radius 1 is 1.16 bits per heavy atom. The molecule has 2 heteroatoms. The molecule has 1 aliphatic heterocycles. The van der Waals surface area contributed by atoms with Gasteiger partial charge in [0, 0.05) is 30.7 Å². The topological polar surface area (TPSA) is 15.3 Å². The summed E-state index contributed by atoms with van der Waals surface area (Å²) in [5.41, 5.74) is 0.385. The molecule has 112 valence electrons. The molecule has 0 radical (unpaired) electrons. The van der Waals surface area contributed by atoms with Crippen molar-refractivity contribution in [1.82, 2.24) is 10.2 Å². The maximum absolute atomic E-state index is 3.90. The molecule has 0 aromatic heterocycles. The molecular weight excluding hydrogens is 232 g/mol. The van der Waals surface area contributed by atoms with E-state index in [1.165, 1.54) is 58.0 Å². The molecule has 1 heterocycles. The Morgan fingerprint density at radius 2 is 1.79 bits per heavy atom. The van der Waals surface area contributed by atoms with Crippen LogP contribution in [0.25, 0.3) is 0 Å². The average Bonchev–Trinajstić information content (AvgIpc) is 2.93. The molecule has 2 nitrogen and oxygen atoms in total. The third-order valence-electron chi connectivity index (χ3n) is 5.56. The number of piperazine rings is 1. The Kier molecular flexibility index (Phi) is 5.30. The summed E-state index contributed by atoms with van der Waals surface area (Å²) >= 11 is 0. The van der Waals surface area contributed by atoms with Gasteiger partial charge < -0.3 is 5.32 Å². The summed E-state index contributed by atoms with van der Waals surface area (Å²) in [5, 5.41) is 3.90. The molecule has 1 aliphatic carbocycles. The zero-order valence-corrected chi connectivity index (χ0v) is 13.5. The predicted molar refractivity (Wildman–Crippen MR) is 83.5 cm³/mol. The molecule has 1 unspecified atom stereocenters. The lowest BCUT2D eigenvalue weighted by Crippen LogP contribution is -2.65. The van der Waals surface area contributed by atoms with Gasteiger partial charge in [-0.25, -0.2) is 0 Å². The second kappa shape index (κ2) is 6.58. The highest BCUT2D eigenvalue weighted by atomic mass is 15.3. The Balaban J connectivity index is 2.08. The van der Waals surface area contributed by atoms with E-state index in [4.69, 9.17) is 0 Å². The predicted octanol–water partition coefficient (Wildman–Crippen LogP) is 3.81. The van der Waals surface area contributed by atoms with Crippen LogP contribution >= 0.6 is 0 Å². The summed E-state index contributed by atoms with van der Waals surface area (Å²) in [5.74, 6) is 0.812. The van der Waals surface area contributed by atoms with E-state index < -0.39 is 0 Å². The zero-order chi connectivity index (χ0) is 13.9. The number of hydrogen-bond acceptors (Lipinski definition) is 2. The molecule has 0 aromatic carbocycles. The molecule has 2 fully saturated rings. The van der Waals surface area contributed by atoms with Crippen molar-refractivity contribution in [3.8, 4) is 0 Å². The molecular formula is C17H34N2. The Bertz CT molecular complexity index is 264. The van der Waals surface area contributed by atoms with Crippen LogP contribution in [-0.2, 0) is 0 Å². The van der Waals surface area contributed by atoms with E-state index in [1.54, 1.807) is 0 Å². The van der Waals surface area contributed by atoms with Crippen molar-refractivity contribution in [3.05, 3.63) is 0 Å². The second-order valence-corrected chi connectivity index (χ2v) is 7.26. The average molecular weight is 266 g/mol. The molecule has 1 saturated heterocycles. The van der Waals surface area contributed by atoms with Gasteiger partial charge in [0.2, 0.25) is 0 Å². The first-order valence-corrected chi connectivity index (χ1v) is 8.61. The maximum atomic E-state index is 3.90. The van der Waals surface area contributed by atoms with Crippen LogP contribution in [0, 0.1) is 5.92 Å². The van der Waals surface area contributed by atoms with E-state index in [2.05, 4.69) is 37.9 Å². The van der Waals surface area contributed by atoms with Crippen LogP contribution in [0.4, 0.5) is 0 Å². The van der Waals surface area contributed by atoms with Crippen LogP contribution in [-0.4, -0.2) is 35.6 Å². The molecule has 1 N–H and O–H groups in total. The quantitative estimate of drug-likeness (QED) is 0.814. The largest absolute Gasteiger partial charge is 0.308 e. The molecule has 1 saturated carbocycles. The molecule has 1 atom stereocenters. The highest BCUT2D eigenvalue weighted by Crippen LogP contribution is 2.32. The molecule has 0 amide bonds. The lowest BCUT2D eigenvalue weighted by Gasteiger charge is -2.50. The van der Waals surface area contributed by atoms with Gasteiger partial charge in [0.05, 0.1) is 0 Å². The Hall–Kier alpha value is -0.0800. The fourth-order valence-electron chi connectivity index (χ4n) is 4.14. The van der Waals surface area contributed by atoms with E-state index in [9.17, 15) is 0 Å². The first-order valence-electron chi connectivity index (χ1n) is 8.61. The summed E-state index contributed by atoms with van der Waals surface area (Å²) in [7, 11) is 0. The van der Waals surface area contributed by atoms with Crippen molar-refractivity contribution in [3.63, 3.8) is 0 Å². The van der Waals surface area contributed by atoms with Crippen molar-refractivity contribution in [2.75, 3.05) is 13.1 Å². The van der Waals surface area contributed by atoms with Crippen molar-refractivity contribution >= 4 is 0 Å². The summed E-state index contributed by atoms with van der Waals surface area (Å²) in [4.78, 5) is 2.90. The summed E-state index contributed by atoms with van der Waals surface area (Å²) in [6.45, 7) is 11.9. The van der Waals surface area contributed by atoms with Crippen molar-refractivity contribution < 1.29 is 0 Å². The molecule has 0 spiro atoms. The van der Waals surface area contributed by atoms with Gasteiger partial charge in [0.1, 0.15) is 0 Å². The van der Waals surface area contributed by atoms with Crippen LogP contribution in [0.15, 0.2) is 0 Å². The molecule has 19 heavy (non-hydrogen) atoms. The van der Waals surface area contributed by atoms with Crippen molar-refractivity contribution in [2.24, 2.45) is 5.92 Å². The third-order valence-corrected chi connectivity index (χ3v) is 5.56. The van der Waals surface area contributed by atoms with Gasteiger partial charge in [-0.15, -0.1) is 0 Å². The maximum Gasteiger partial charge on any atom is 0.0304 e. The van der Waals surface area contributed by atoms with Gasteiger partial charge >= 0.3 is 0 Å². The van der Waals surface area contributed by atoms with E-state index in [1.807, 2.05) is 0 Å². The van der Waals surface area contributed by atoms with Crippen molar-refractivity contribution in [1.29, 1.82) is 0 Å². The fraction of sp³-hybridized carbons (Fsp3) is 1.00. The summed E-state index contributed by atoms with van der Waals surface area (Å²) in [6, 6.07) is 1.65. The number of rotatable bonds is 5. The minimum atomic E-state index is 0.385. The first-order chi connectivity index (χ1) is 9.10. The molecule has 2 rings (SSSR count). The van der Waals surface area contributed by atoms with Crippen LogP contribution in [0.2, 0.25) is 0 Å². The van der Waals surface area contributed by atoms with Gasteiger partial charge in [-0.2, -0.15) is 0 Å². The van der Waals surface area contributed by atoms with Crippen LogP contribution in [0.1, 0.15) is 72.6 Å². The van der Waals surface area contributed by atoms with E-state index in [-0.39, 0.29) is 0 Å². The SMILES string of the molecule is CCC1(CC)CN(C2CCCC2)C(CC(C)C)CN1. The highest BCUT2D eigenvalue weighted by Gasteiger charge is 2.40. The van der Waals surface area contributed by atoms with Gasteiger partial charge in [-0.05, 0) is 38.0 Å². The van der Waals surface area contributed by atoms with Gasteiger partial charge in [-0.3, -0.25) is 4.90 Å². The van der Waals surface area contributed by atoms with E-state index in [0.717, 1.165) is 18.0 Å². The first kappa shape index (κ1) is 15.3. The lowest BCUT2D eigenvalue weighted by atomic mass is 9.86. The van der Waals surface area contributed by atoms with E-state index >= 15 is 0 Å². The number of nitrogens with one attached hydrogen (secondary N) is 1. The van der Waals surface area contributed by atoms with E-state index in [0.29, 0.717) is 5.54 Å². The highest BCUT2D eigenvalue weighted by molar-refractivity contribution is 4.99. The Labute approximate surface area is 120 Å². The molecule has 0 bridgehead atoms. The standard InChI is InChI=1S/C17H34N2/c1-5-17(6-2)13-19(15-9-7-8-10-15)16(12-18-17)11-14(3)4/h14-16,18H,5-13H2,1-4H3. The van der Waals surface area contributed by atoms with Gasteiger partial charge in [-0.1, -0.05) is 40.5 Å². The number of nitrogens with zero attached hydrogens (tertiary/aromatic N) is 1. The monoisotopic (exact) mass is 266 g/mol. The van der Waals surface area contributed by atoms with Crippen LogP contribution < -0.4 is 5.32 Å². The smallest absolute Gasteiger partial charge is 0.0304 e. The fourth-order valence-corrected chi connectivity index (χ4v) is 4.14. The van der Waals surface area contributed by atoms with Crippen LogP contribution in [0.3, 0.4) is 0 Å². The summed E-state index contributed by atoms with van der Waals surface area (Å²) < 4.78 is 0. The summed E-state index contributed by atoms with van der Waals surface area (Å²) in [6.07, 6.45) is 9.67. The van der Waals surface area contributed by atoms with Gasteiger partial charge in [0.25, 0.3) is 0 Å². The van der Waals surface area contributed by atoms with Gasteiger partial charge in [0.15, 0.2) is 0 Å². The zero-order valence-electron chi connectivity index (χ0n) is 13.5. The third kappa shape index (κ3) is 3.52. The molecule has 0 aromatic rings. The second-order valence-electron chi connectivity index (χ2n) is 7.26.